The van der Waals surface area contributed by atoms with E-state index in [9.17, 15) is 0 Å². The van der Waals surface area contributed by atoms with Crippen molar-refractivity contribution in [3.05, 3.63) is 238 Å². The van der Waals surface area contributed by atoms with Gasteiger partial charge in [-0.2, -0.15) is 9.97 Å². The van der Waals surface area contributed by atoms with Gasteiger partial charge in [0.15, 0.2) is 11.6 Å². The summed E-state index contributed by atoms with van der Waals surface area (Å²) < 4.78 is 0. The lowest BCUT2D eigenvalue weighted by molar-refractivity contribution is 0.919. The van der Waals surface area contributed by atoms with E-state index in [1.165, 1.54) is 50.1 Å². The molecular weight excluding hydrogens is 753 g/mol. The minimum absolute atomic E-state index is 0.0480. The van der Waals surface area contributed by atoms with Crippen LogP contribution in [-0.2, 0) is 0 Å². The van der Waals surface area contributed by atoms with Crippen molar-refractivity contribution in [2.75, 3.05) is 4.90 Å². The van der Waals surface area contributed by atoms with Crippen LogP contribution >= 0.6 is 0 Å². The zero-order valence-electron chi connectivity index (χ0n) is 36.3. The summed E-state index contributed by atoms with van der Waals surface area (Å²) in [7, 11) is 0. The van der Waals surface area contributed by atoms with Gasteiger partial charge < -0.3 is 0 Å². The molecule has 9 rings (SSSR count). The van der Waals surface area contributed by atoms with Gasteiger partial charge in [-0.3, -0.25) is 4.90 Å². The summed E-state index contributed by atoms with van der Waals surface area (Å²) in [6.07, 6.45) is 0. The van der Waals surface area contributed by atoms with Crippen molar-refractivity contribution in [1.82, 2.24) is 15.0 Å². The Hall–Kier alpha value is -7.43. The predicted octanol–water partition coefficient (Wildman–Crippen LogP) is 15.0. The fraction of sp³-hybridized carbons (Fsp3) is 0.121. The quantitative estimate of drug-likeness (QED) is 0.129. The molecule has 0 saturated carbocycles. The molecule has 0 aliphatic carbocycles. The van der Waals surface area contributed by atoms with Crippen molar-refractivity contribution in [3.8, 4) is 45.0 Å². The molecule has 0 unspecified atom stereocenters. The number of hydrogen-bond acceptors (Lipinski definition) is 4. The summed E-state index contributed by atoms with van der Waals surface area (Å²) in [5.41, 5.74) is 19.9. The maximum atomic E-state index is 5.37. The second kappa shape index (κ2) is 17.3. The summed E-state index contributed by atoms with van der Waals surface area (Å²) >= 11 is 0. The molecule has 0 spiro atoms. The Morgan fingerprint density at radius 2 is 0.758 bits per heavy atom. The number of nitrogens with zero attached hydrogens (tertiary/aromatic N) is 4. The fourth-order valence-electron chi connectivity index (χ4n) is 9.25. The van der Waals surface area contributed by atoms with Gasteiger partial charge in [-0.15, -0.1) is 0 Å². The zero-order chi connectivity index (χ0) is 42.7. The van der Waals surface area contributed by atoms with Crippen LogP contribution in [0.3, 0.4) is 0 Å². The summed E-state index contributed by atoms with van der Waals surface area (Å²) in [5, 5.41) is 0. The molecule has 0 N–H and O–H groups in total. The molecule has 0 fully saturated rings. The molecule has 4 heteroatoms. The highest BCUT2D eigenvalue weighted by Gasteiger charge is 2.26. The second-order valence-electron chi connectivity index (χ2n) is 16.5. The van der Waals surface area contributed by atoms with Crippen molar-refractivity contribution in [2.45, 2.75) is 47.5 Å². The third kappa shape index (κ3) is 8.08. The zero-order valence-corrected chi connectivity index (χ0v) is 36.3. The summed E-state index contributed by atoms with van der Waals surface area (Å²) in [6, 6.07) is 66.5. The Labute approximate surface area is 366 Å². The van der Waals surface area contributed by atoms with Crippen LogP contribution in [0.1, 0.15) is 56.0 Å². The Balaban J connectivity index is 1.25. The van der Waals surface area contributed by atoms with Gasteiger partial charge in [-0.25, -0.2) is 4.98 Å². The smallest absolute Gasteiger partial charge is 0.238 e. The highest BCUT2D eigenvalue weighted by Crippen LogP contribution is 2.42. The lowest BCUT2D eigenvalue weighted by atomic mass is 9.77. The van der Waals surface area contributed by atoms with Crippen LogP contribution in [0.15, 0.2) is 188 Å². The standard InChI is InChI=1S/C58H50N4/c1-38-34-40(3)53(41(4)35-38)55(54-42(5)36-39(2)37-43(54)6)47-28-32-50(33-29-47)62(49-30-26-45(27-31-49)44-18-10-7-11-19-44)58-60-56(48-22-14-9-15-23-48)59-57(61-58)52-25-17-16-24-51(52)46-20-12-8-13-21-46/h7-37,55H,1-6H3. The average molecular weight is 803 g/mol. The molecule has 0 aliphatic rings. The monoisotopic (exact) mass is 802 g/mol. The van der Waals surface area contributed by atoms with E-state index in [0.29, 0.717) is 17.6 Å². The number of rotatable bonds is 10. The predicted molar refractivity (Wildman–Crippen MR) is 259 cm³/mol. The normalized spacial score (nSPS) is 11.2. The number of aromatic nitrogens is 3. The molecule has 0 radical (unpaired) electrons. The van der Waals surface area contributed by atoms with E-state index in [0.717, 1.165) is 44.8 Å². The highest BCUT2D eigenvalue weighted by atomic mass is 15.3. The number of hydrogen-bond donors (Lipinski definition) is 0. The maximum absolute atomic E-state index is 5.37. The fourth-order valence-corrected chi connectivity index (χ4v) is 9.25. The minimum Gasteiger partial charge on any atom is -0.279 e. The van der Waals surface area contributed by atoms with Gasteiger partial charge in [0.2, 0.25) is 5.95 Å². The van der Waals surface area contributed by atoms with Crippen LogP contribution in [0.4, 0.5) is 17.3 Å². The summed E-state index contributed by atoms with van der Waals surface area (Å²) in [6.45, 7) is 13.4. The van der Waals surface area contributed by atoms with Crippen LogP contribution in [0.5, 0.6) is 0 Å². The molecule has 0 saturated heterocycles. The third-order valence-corrected chi connectivity index (χ3v) is 11.9. The molecule has 1 aromatic heterocycles. The van der Waals surface area contributed by atoms with Crippen LogP contribution < -0.4 is 4.90 Å². The maximum Gasteiger partial charge on any atom is 0.238 e. The molecule has 8 aromatic carbocycles. The second-order valence-corrected chi connectivity index (χ2v) is 16.5. The first kappa shape index (κ1) is 40.0. The van der Waals surface area contributed by atoms with E-state index in [-0.39, 0.29) is 5.92 Å². The van der Waals surface area contributed by atoms with Crippen LogP contribution in [0.25, 0.3) is 45.0 Å². The summed E-state index contributed by atoms with van der Waals surface area (Å²) in [4.78, 5) is 18.0. The molecule has 9 aromatic rings. The topological polar surface area (TPSA) is 41.9 Å². The number of aryl methyl sites for hydroxylation is 6. The average Bonchev–Trinajstić information content (AvgIpc) is 3.29. The van der Waals surface area contributed by atoms with Gasteiger partial charge in [0.05, 0.1) is 0 Å². The van der Waals surface area contributed by atoms with Crippen molar-refractivity contribution >= 4 is 17.3 Å². The summed E-state index contributed by atoms with van der Waals surface area (Å²) in [5.74, 6) is 1.79. The van der Waals surface area contributed by atoms with Crippen molar-refractivity contribution < 1.29 is 0 Å². The van der Waals surface area contributed by atoms with Gasteiger partial charge in [-0.1, -0.05) is 175 Å². The number of benzene rings is 8. The van der Waals surface area contributed by atoms with Crippen molar-refractivity contribution in [2.24, 2.45) is 0 Å². The molecule has 1 heterocycles. The van der Waals surface area contributed by atoms with E-state index in [4.69, 9.17) is 15.0 Å². The van der Waals surface area contributed by atoms with Gasteiger partial charge in [0, 0.05) is 28.4 Å². The Kier molecular flexibility index (Phi) is 11.1. The molecular formula is C58H50N4. The first-order valence-corrected chi connectivity index (χ1v) is 21.4. The molecule has 302 valence electrons. The Morgan fingerprint density at radius 3 is 1.27 bits per heavy atom. The van der Waals surface area contributed by atoms with Gasteiger partial charge in [0.25, 0.3) is 0 Å². The van der Waals surface area contributed by atoms with Crippen molar-refractivity contribution in [1.29, 1.82) is 0 Å². The van der Waals surface area contributed by atoms with E-state index >= 15 is 0 Å². The van der Waals surface area contributed by atoms with E-state index in [2.05, 4.69) is 210 Å². The number of anilines is 3. The van der Waals surface area contributed by atoms with Gasteiger partial charge in [-0.05, 0) is 127 Å². The Bertz CT molecular complexity index is 2890. The van der Waals surface area contributed by atoms with Gasteiger partial charge in [0.1, 0.15) is 0 Å². The molecule has 0 atom stereocenters. The molecule has 62 heavy (non-hydrogen) atoms. The lowest BCUT2D eigenvalue weighted by Crippen LogP contribution is -2.16. The molecule has 0 amide bonds. The van der Waals surface area contributed by atoms with Gasteiger partial charge >= 0.3 is 0 Å². The van der Waals surface area contributed by atoms with Crippen LogP contribution in [0, 0.1) is 41.5 Å². The molecule has 0 bridgehead atoms. The molecule has 0 aliphatic heterocycles. The Morgan fingerprint density at radius 1 is 0.355 bits per heavy atom. The molecule has 4 nitrogen and oxygen atoms in total. The third-order valence-electron chi connectivity index (χ3n) is 11.9. The van der Waals surface area contributed by atoms with E-state index in [1.54, 1.807) is 0 Å². The largest absolute Gasteiger partial charge is 0.279 e. The van der Waals surface area contributed by atoms with E-state index < -0.39 is 0 Å². The SMILES string of the molecule is Cc1cc(C)c(C(c2ccc(N(c3ccc(-c4ccccc4)cc3)c3nc(-c4ccccc4)nc(-c4ccccc4-c4ccccc4)n3)cc2)c2c(C)cc(C)cc2C)c(C)c1. The van der Waals surface area contributed by atoms with Crippen molar-refractivity contribution in [3.63, 3.8) is 0 Å². The van der Waals surface area contributed by atoms with Crippen LogP contribution in [-0.4, -0.2) is 15.0 Å². The minimum atomic E-state index is 0.0480. The first-order valence-electron chi connectivity index (χ1n) is 21.4. The first-order chi connectivity index (χ1) is 30.2. The van der Waals surface area contributed by atoms with Crippen LogP contribution in [0.2, 0.25) is 0 Å². The highest BCUT2D eigenvalue weighted by molar-refractivity contribution is 5.83. The lowest BCUT2D eigenvalue weighted by Gasteiger charge is -2.28. The van der Waals surface area contributed by atoms with E-state index in [1.807, 2.05) is 24.3 Å².